The number of aromatic hydroxyl groups is 1. The molecular formula is C17H26BrNO. The molecule has 2 N–H and O–H groups in total. The van der Waals surface area contributed by atoms with Gasteiger partial charge in [-0.1, -0.05) is 33.8 Å². The highest BCUT2D eigenvalue weighted by molar-refractivity contribution is 9.10. The van der Waals surface area contributed by atoms with Crippen LogP contribution < -0.4 is 5.32 Å². The van der Waals surface area contributed by atoms with E-state index in [0.29, 0.717) is 22.6 Å². The Bertz CT molecular complexity index is 466. The number of phenolic OH excluding ortho intramolecular Hbond substituents is 1. The third-order valence-corrected chi connectivity index (χ3v) is 4.80. The SMILES string of the molecule is CC1(C)CC(NCc2ccc(O)c(Br)c2)CC(C)(C)C1. The molecule has 1 aliphatic rings. The maximum absolute atomic E-state index is 9.53. The van der Waals surface area contributed by atoms with Crippen LogP contribution in [0.25, 0.3) is 0 Å². The zero-order valence-corrected chi connectivity index (χ0v) is 14.5. The number of hydrogen-bond acceptors (Lipinski definition) is 2. The van der Waals surface area contributed by atoms with E-state index in [0.717, 1.165) is 11.0 Å². The Morgan fingerprint density at radius 1 is 1.20 bits per heavy atom. The van der Waals surface area contributed by atoms with Crippen LogP contribution in [-0.2, 0) is 6.54 Å². The van der Waals surface area contributed by atoms with E-state index in [4.69, 9.17) is 0 Å². The molecule has 1 aliphatic carbocycles. The molecular weight excluding hydrogens is 314 g/mol. The maximum Gasteiger partial charge on any atom is 0.129 e. The van der Waals surface area contributed by atoms with Crippen LogP contribution in [0, 0.1) is 10.8 Å². The average Bonchev–Trinajstić information content (AvgIpc) is 2.27. The highest BCUT2D eigenvalue weighted by atomic mass is 79.9. The van der Waals surface area contributed by atoms with Crippen LogP contribution in [0.5, 0.6) is 5.75 Å². The van der Waals surface area contributed by atoms with Gasteiger partial charge < -0.3 is 10.4 Å². The highest BCUT2D eigenvalue weighted by Gasteiger charge is 2.38. The first-order chi connectivity index (χ1) is 9.17. The van der Waals surface area contributed by atoms with Crippen LogP contribution in [0.3, 0.4) is 0 Å². The highest BCUT2D eigenvalue weighted by Crippen LogP contribution is 2.45. The standard InChI is InChI=1S/C17H26BrNO/c1-16(2)8-13(9-17(3,4)11-16)19-10-12-5-6-15(20)14(18)7-12/h5-7,13,19-20H,8-11H2,1-4H3. The molecule has 0 aliphatic heterocycles. The lowest BCUT2D eigenvalue weighted by Gasteiger charge is -2.45. The molecule has 2 rings (SSSR count). The van der Waals surface area contributed by atoms with E-state index in [1.54, 1.807) is 6.07 Å². The first-order valence-electron chi connectivity index (χ1n) is 7.38. The second kappa shape index (κ2) is 5.69. The van der Waals surface area contributed by atoms with Gasteiger partial charge in [0.1, 0.15) is 5.75 Å². The summed E-state index contributed by atoms with van der Waals surface area (Å²) in [5.74, 6) is 0.300. The maximum atomic E-state index is 9.53. The molecule has 1 saturated carbocycles. The van der Waals surface area contributed by atoms with Gasteiger partial charge in [-0.15, -0.1) is 0 Å². The van der Waals surface area contributed by atoms with Crippen molar-refractivity contribution in [3.05, 3.63) is 28.2 Å². The molecule has 0 saturated heterocycles. The minimum atomic E-state index is 0.300. The zero-order chi connectivity index (χ0) is 15.0. The van der Waals surface area contributed by atoms with Crippen molar-refractivity contribution in [2.75, 3.05) is 0 Å². The minimum absolute atomic E-state index is 0.300. The summed E-state index contributed by atoms with van der Waals surface area (Å²) in [5.41, 5.74) is 2.03. The summed E-state index contributed by atoms with van der Waals surface area (Å²) in [6.45, 7) is 10.4. The summed E-state index contributed by atoms with van der Waals surface area (Å²) in [5, 5.41) is 13.2. The van der Waals surface area contributed by atoms with Gasteiger partial charge in [0.2, 0.25) is 0 Å². The van der Waals surface area contributed by atoms with Crippen molar-refractivity contribution in [1.29, 1.82) is 0 Å². The van der Waals surface area contributed by atoms with Gasteiger partial charge in [0.25, 0.3) is 0 Å². The molecule has 0 amide bonds. The summed E-state index contributed by atoms with van der Waals surface area (Å²) in [7, 11) is 0. The first kappa shape index (κ1) is 15.8. The second-order valence-electron chi connectivity index (χ2n) is 7.78. The topological polar surface area (TPSA) is 32.3 Å². The Morgan fingerprint density at radius 3 is 2.35 bits per heavy atom. The molecule has 0 bridgehead atoms. The Hall–Kier alpha value is -0.540. The fourth-order valence-corrected chi connectivity index (χ4v) is 4.34. The molecule has 1 aromatic carbocycles. The summed E-state index contributed by atoms with van der Waals surface area (Å²) < 4.78 is 0.765. The summed E-state index contributed by atoms with van der Waals surface area (Å²) >= 11 is 3.37. The van der Waals surface area contributed by atoms with Gasteiger partial charge in [0.05, 0.1) is 4.47 Å². The molecule has 0 radical (unpaired) electrons. The minimum Gasteiger partial charge on any atom is -0.507 e. The molecule has 0 atom stereocenters. The van der Waals surface area contributed by atoms with E-state index in [-0.39, 0.29) is 0 Å². The van der Waals surface area contributed by atoms with Crippen LogP contribution in [0.15, 0.2) is 22.7 Å². The van der Waals surface area contributed by atoms with Crippen molar-refractivity contribution in [3.8, 4) is 5.75 Å². The fourth-order valence-electron chi connectivity index (χ4n) is 3.91. The third kappa shape index (κ3) is 4.23. The van der Waals surface area contributed by atoms with Crippen LogP contribution in [0.1, 0.15) is 52.5 Å². The number of nitrogens with one attached hydrogen (secondary N) is 1. The van der Waals surface area contributed by atoms with E-state index >= 15 is 0 Å². The van der Waals surface area contributed by atoms with Gasteiger partial charge in [0.15, 0.2) is 0 Å². The zero-order valence-electron chi connectivity index (χ0n) is 13.0. The first-order valence-corrected chi connectivity index (χ1v) is 8.17. The van der Waals surface area contributed by atoms with E-state index in [2.05, 4.69) is 48.9 Å². The quantitative estimate of drug-likeness (QED) is 0.824. The van der Waals surface area contributed by atoms with E-state index in [1.807, 2.05) is 12.1 Å². The lowest BCUT2D eigenvalue weighted by atomic mass is 9.63. The van der Waals surface area contributed by atoms with Gasteiger partial charge >= 0.3 is 0 Å². The second-order valence-corrected chi connectivity index (χ2v) is 8.63. The van der Waals surface area contributed by atoms with Crippen LogP contribution in [0.2, 0.25) is 0 Å². The van der Waals surface area contributed by atoms with Crippen molar-refractivity contribution in [3.63, 3.8) is 0 Å². The molecule has 3 heteroatoms. The van der Waals surface area contributed by atoms with Gasteiger partial charge in [-0.05, 0) is 63.7 Å². The number of hydrogen-bond donors (Lipinski definition) is 2. The van der Waals surface area contributed by atoms with Gasteiger partial charge in [-0.3, -0.25) is 0 Å². The van der Waals surface area contributed by atoms with Crippen LogP contribution in [-0.4, -0.2) is 11.1 Å². The predicted octanol–water partition coefficient (Wildman–Crippen LogP) is 4.85. The van der Waals surface area contributed by atoms with Gasteiger partial charge in [-0.2, -0.15) is 0 Å². The summed E-state index contributed by atoms with van der Waals surface area (Å²) in [4.78, 5) is 0. The van der Waals surface area contributed by atoms with E-state index in [1.165, 1.54) is 24.8 Å². The van der Waals surface area contributed by atoms with Crippen molar-refractivity contribution < 1.29 is 5.11 Å². The van der Waals surface area contributed by atoms with Gasteiger partial charge in [0, 0.05) is 12.6 Å². The summed E-state index contributed by atoms with van der Waals surface area (Å²) in [6.07, 6.45) is 3.76. The Kier molecular flexibility index (Phi) is 4.50. The Morgan fingerprint density at radius 2 is 1.80 bits per heavy atom. The number of rotatable bonds is 3. The molecule has 1 fully saturated rings. The largest absolute Gasteiger partial charge is 0.507 e. The molecule has 0 heterocycles. The molecule has 112 valence electrons. The predicted molar refractivity (Wildman–Crippen MR) is 87.8 cm³/mol. The van der Waals surface area contributed by atoms with Crippen molar-refractivity contribution in [1.82, 2.24) is 5.32 Å². The van der Waals surface area contributed by atoms with E-state index in [9.17, 15) is 5.11 Å². The Labute approximate surface area is 131 Å². The molecule has 0 spiro atoms. The smallest absolute Gasteiger partial charge is 0.129 e. The number of benzene rings is 1. The third-order valence-electron chi connectivity index (χ3n) is 4.16. The fraction of sp³-hybridized carbons (Fsp3) is 0.647. The number of phenols is 1. The molecule has 20 heavy (non-hydrogen) atoms. The van der Waals surface area contributed by atoms with Crippen molar-refractivity contribution >= 4 is 15.9 Å². The lowest BCUT2D eigenvalue weighted by Crippen LogP contribution is -2.43. The van der Waals surface area contributed by atoms with Gasteiger partial charge in [-0.25, -0.2) is 0 Å². The molecule has 0 unspecified atom stereocenters. The van der Waals surface area contributed by atoms with Crippen LogP contribution in [0.4, 0.5) is 0 Å². The molecule has 0 aromatic heterocycles. The van der Waals surface area contributed by atoms with Crippen LogP contribution >= 0.6 is 15.9 Å². The molecule has 2 nitrogen and oxygen atoms in total. The van der Waals surface area contributed by atoms with Crippen molar-refractivity contribution in [2.45, 2.75) is 59.5 Å². The van der Waals surface area contributed by atoms with E-state index < -0.39 is 0 Å². The average molecular weight is 340 g/mol. The summed E-state index contributed by atoms with van der Waals surface area (Å²) in [6, 6.07) is 6.28. The monoisotopic (exact) mass is 339 g/mol. The number of halogens is 1. The normalized spacial score (nSPS) is 21.9. The lowest BCUT2D eigenvalue weighted by molar-refractivity contribution is 0.0845. The molecule has 1 aromatic rings. The Balaban J connectivity index is 1.98. The van der Waals surface area contributed by atoms with Crippen molar-refractivity contribution in [2.24, 2.45) is 10.8 Å².